The van der Waals surface area contributed by atoms with Crippen LogP contribution in [0.3, 0.4) is 0 Å². The zero-order valence-corrected chi connectivity index (χ0v) is 16.5. The molecular weight excluding hydrogens is 354 g/mol. The molecule has 1 aromatic rings. The Bertz CT molecular complexity index is 699. The summed E-state index contributed by atoms with van der Waals surface area (Å²) in [5, 5.41) is 11.7. The van der Waals surface area contributed by atoms with Crippen LogP contribution >= 0.6 is 0 Å². The summed E-state index contributed by atoms with van der Waals surface area (Å²) in [7, 11) is 0. The molecule has 27 heavy (non-hydrogen) atoms. The van der Waals surface area contributed by atoms with E-state index < -0.39 is 35.8 Å². The number of aliphatic hydroxyl groups is 1. The van der Waals surface area contributed by atoms with Crippen molar-refractivity contribution >= 4 is 18.0 Å². The van der Waals surface area contributed by atoms with Gasteiger partial charge in [-0.05, 0) is 59.2 Å². The van der Waals surface area contributed by atoms with Crippen molar-refractivity contribution in [2.24, 2.45) is 0 Å². The summed E-state index contributed by atoms with van der Waals surface area (Å²) in [6.45, 7) is 9.48. The van der Waals surface area contributed by atoms with Crippen molar-refractivity contribution in [1.29, 1.82) is 0 Å². The van der Waals surface area contributed by atoms with E-state index in [1.807, 2.05) is 0 Å². The van der Waals surface area contributed by atoms with Crippen molar-refractivity contribution < 1.29 is 33.7 Å². The number of rotatable bonds is 5. The smallest absolute Gasteiger partial charge is 0.408 e. The Kier molecular flexibility index (Phi) is 7.36. The van der Waals surface area contributed by atoms with E-state index in [1.165, 1.54) is 18.2 Å². The van der Waals surface area contributed by atoms with Gasteiger partial charge in [0.2, 0.25) is 0 Å². The molecular formula is C19H27NO7. The van der Waals surface area contributed by atoms with Gasteiger partial charge in [-0.1, -0.05) is 6.07 Å². The Hall–Kier alpha value is -2.61. The van der Waals surface area contributed by atoms with Crippen LogP contribution in [-0.2, 0) is 20.9 Å². The fraction of sp³-hybridized carbons (Fsp3) is 0.526. The predicted octanol–water partition coefficient (Wildman–Crippen LogP) is 2.56. The fourth-order valence-electron chi connectivity index (χ4n) is 1.91. The van der Waals surface area contributed by atoms with Crippen LogP contribution in [0.2, 0.25) is 0 Å². The topological polar surface area (TPSA) is 111 Å². The number of esters is 2. The maximum atomic E-state index is 12.3. The largest absolute Gasteiger partial charge is 0.456 e. The predicted molar refractivity (Wildman–Crippen MR) is 97.4 cm³/mol. The van der Waals surface area contributed by atoms with Crippen molar-refractivity contribution in [1.82, 2.24) is 5.32 Å². The summed E-state index contributed by atoms with van der Waals surface area (Å²) in [5.74, 6) is -1.30. The van der Waals surface area contributed by atoms with Gasteiger partial charge in [-0.25, -0.2) is 14.4 Å². The lowest BCUT2D eigenvalue weighted by atomic mass is 10.1. The number of carbonyl (C=O) groups excluding carboxylic acids is 3. The van der Waals surface area contributed by atoms with Crippen LogP contribution in [0.25, 0.3) is 0 Å². The van der Waals surface area contributed by atoms with Gasteiger partial charge in [0.15, 0.2) is 0 Å². The molecule has 8 heteroatoms. The molecule has 8 nitrogen and oxygen atoms in total. The third-order valence-electron chi connectivity index (χ3n) is 2.88. The van der Waals surface area contributed by atoms with Crippen molar-refractivity contribution in [3.63, 3.8) is 0 Å². The Morgan fingerprint density at radius 3 is 2.11 bits per heavy atom. The molecule has 0 aliphatic carbocycles. The molecule has 0 saturated carbocycles. The highest BCUT2D eigenvalue weighted by molar-refractivity contribution is 5.92. The third kappa shape index (κ3) is 8.54. The van der Waals surface area contributed by atoms with Gasteiger partial charge >= 0.3 is 18.0 Å². The minimum atomic E-state index is -0.746. The van der Waals surface area contributed by atoms with Crippen LogP contribution in [0.4, 0.5) is 4.79 Å². The molecule has 0 spiro atoms. The Morgan fingerprint density at radius 2 is 1.59 bits per heavy atom. The minimum absolute atomic E-state index is 0.0871. The average Bonchev–Trinajstić information content (AvgIpc) is 2.49. The summed E-state index contributed by atoms with van der Waals surface area (Å²) in [4.78, 5) is 35.7. The first-order valence-electron chi connectivity index (χ1n) is 8.45. The average molecular weight is 381 g/mol. The lowest BCUT2D eigenvalue weighted by Gasteiger charge is -2.20. The SMILES string of the molecule is CC(C)(C)OC(=O)NCC(=O)Oc1ccc(CO)c(C(=O)OC(C)(C)C)c1. The van der Waals surface area contributed by atoms with E-state index in [-0.39, 0.29) is 17.9 Å². The molecule has 0 heterocycles. The maximum Gasteiger partial charge on any atom is 0.408 e. The zero-order valence-electron chi connectivity index (χ0n) is 16.5. The molecule has 0 fully saturated rings. The first-order chi connectivity index (χ1) is 12.3. The lowest BCUT2D eigenvalue weighted by molar-refractivity contribution is -0.133. The molecule has 0 aromatic heterocycles. The zero-order chi connectivity index (χ0) is 20.8. The fourth-order valence-corrected chi connectivity index (χ4v) is 1.91. The first kappa shape index (κ1) is 22.4. The standard InChI is InChI=1S/C19H27NO7/c1-18(2,3)26-16(23)14-9-13(8-7-12(14)11-21)25-15(22)10-20-17(24)27-19(4,5)6/h7-9,21H,10-11H2,1-6H3,(H,20,24). The molecule has 2 N–H and O–H groups in total. The van der Waals surface area contributed by atoms with E-state index in [0.29, 0.717) is 5.56 Å². The Morgan fingerprint density at radius 1 is 1.00 bits per heavy atom. The molecule has 0 atom stereocenters. The molecule has 0 unspecified atom stereocenters. The van der Waals surface area contributed by atoms with Gasteiger partial charge in [-0.2, -0.15) is 0 Å². The van der Waals surface area contributed by atoms with Crippen LogP contribution in [-0.4, -0.2) is 40.9 Å². The molecule has 0 radical (unpaired) electrons. The molecule has 1 amide bonds. The minimum Gasteiger partial charge on any atom is -0.456 e. The van der Waals surface area contributed by atoms with Gasteiger partial charge < -0.3 is 24.6 Å². The van der Waals surface area contributed by atoms with Gasteiger partial charge in [-0.15, -0.1) is 0 Å². The van der Waals surface area contributed by atoms with E-state index in [9.17, 15) is 19.5 Å². The summed E-state index contributed by atoms with van der Waals surface area (Å²) >= 11 is 0. The summed E-state index contributed by atoms with van der Waals surface area (Å²) in [6.07, 6.45) is -0.746. The first-order valence-corrected chi connectivity index (χ1v) is 8.45. The number of aliphatic hydroxyl groups excluding tert-OH is 1. The van der Waals surface area contributed by atoms with Crippen LogP contribution in [0, 0.1) is 0 Å². The number of amides is 1. The van der Waals surface area contributed by atoms with E-state index in [2.05, 4.69) is 5.32 Å². The van der Waals surface area contributed by atoms with Crippen molar-refractivity contribution in [3.8, 4) is 5.75 Å². The number of carbonyl (C=O) groups is 3. The number of alkyl carbamates (subject to hydrolysis) is 1. The number of hydrogen-bond donors (Lipinski definition) is 2. The quantitative estimate of drug-likeness (QED) is 0.595. The van der Waals surface area contributed by atoms with Gasteiger partial charge in [0.1, 0.15) is 23.5 Å². The van der Waals surface area contributed by atoms with Crippen LogP contribution in [0.1, 0.15) is 57.5 Å². The molecule has 150 valence electrons. The number of hydrogen-bond acceptors (Lipinski definition) is 7. The normalized spacial score (nSPS) is 11.5. The van der Waals surface area contributed by atoms with Gasteiger partial charge in [0.25, 0.3) is 0 Å². The molecule has 1 aromatic carbocycles. The Balaban J connectivity index is 2.78. The van der Waals surface area contributed by atoms with Crippen LogP contribution in [0.5, 0.6) is 5.75 Å². The number of nitrogens with one attached hydrogen (secondary N) is 1. The summed E-state index contributed by atoms with van der Waals surface area (Å²) in [5.41, 5.74) is -0.960. The highest BCUT2D eigenvalue weighted by Crippen LogP contribution is 2.21. The van der Waals surface area contributed by atoms with Crippen LogP contribution < -0.4 is 10.1 Å². The van der Waals surface area contributed by atoms with Crippen molar-refractivity contribution in [2.75, 3.05) is 6.54 Å². The van der Waals surface area contributed by atoms with E-state index in [4.69, 9.17) is 14.2 Å². The second-order valence-corrected chi connectivity index (χ2v) is 7.81. The molecule has 0 aliphatic heterocycles. The summed E-state index contributed by atoms with van der Waals surface area (Å²) < 4.78 is 15.4. The van der Waals surface area contributed by atoms with E-state index >= 15 is 0 Å². The van der Waals surface area contributed by atoms with Crippen molar-refractivity contribution in [2.45, 2.75) is 59.4 Å². The van der Waals surface area contributed by atoms with Gasteiger partial charge in [-0.3, -0.25) is 0 Å². The van der Waals surface area contributed by atoms with Gasteiger partial charge in [0.05, 0.1) is 12.2 Å². The second-order valence-electron chi connectivity index (χ2n) is 7.81. The molecule has 0 saturated heterocycles. The number of ether oxygens (including phenoxy) is 3. The molecule has 0 aliphatic rings. The van der Waals surface area contributed by atoms with E-state index in [0.717, 1.165) is 0 Å². The van der Waals surface area contributed by atoms with Gasteiger partial charge in [0, 0.05) is 0 Å². The third-order valence-corrected chi connectivity index (χ3v) is 2.88. The highest BCUT2D eigenvalue weighted by Gasteiger charge is 2.22. The Labute approximate surface area is 158 Å². The lowest BCUT2D eigenvalue weighted by Crippen LogP contribution is -2.36. The maximum absolute atomic E-state index is 12.3. The highest BCUT2D eigenvalue weighted by atomic mass is 16.6. The molecule has 1 rings (SSSR count). The summed E-state index contributed by atoms with van der Waals surface area (Å²) in [6, 6.07) is 4.21. The monoisotopic (exact) mass is 381 g/mol. The number of benzene rings is 1. The molecule has 0 bridgehead atoms. The van der Waals surface area contributed by atoms with Crippen LogP contribution in [0.15, 0.2) is 18.2 Å². The van der Waals surface area contributed by atoms with E-state index in [1.54, 1.807) is 41.5 Å². The van der Waals surface area contributed by atoms with Crippen molar-refractivity contribution in [3.05, 3.63) is 29.3 Å². The second kappa shape index (κ2) is 8.85.